The lowest BCUT2D eigenvalue weighted by atomic mass is 9.97. The molecule has 0 saturated carbocycles. The van der Waals surface area contributed by atoms with Crippen molar-refractivity contribution in [1.29, 1.82) is 0 Å². The molecule has 22 heavy (non-hydrogen) atoms. The van der Waals surface area contributed by atoms with Crippen LogP contribution < -0.4 is 5.32 Å². The maximum Gasteiger partial charge on any atom is 0.410 e. The van der Waals surface area contributed by atoms with E-state index in [0.29, 0.717) is 5.92 Å². The first-order valence-corrected chi connectivity index (χ1v) is 8.08. The van der Waals surface area contributed by atoms with Crippen molar-refractivity contribution < 1.29 is 9.53 Å². The third-order valence-corrected chi connectivity index (χ3v) is 3.81. The van der Waals surface area contributed by atoms with Crippen LogP contribution in [0, 0.1) is 5.92 Å². The van der Waals surface area contributed by atoms with Gasteiger partial charge in [-0.05, 0) is 46.1 Å². The number of likely N-dealkylation sites (tertiary alicyclic amines) is 1. The fourth-order valence-electron chi connectivity index (χ4n) is 2.58. The second kappa shape index (κ2) is 7.63. The fourth-order valence-corrected chi connectivity index (χ4v) is 2.58. The smallest absolute Gasteiger partial charge is 0.410 e. The molecule has 0 aromatic carbocycles. The van der Waals surface area contributed by atoms with Crippen LogP contribution in [0.4, 0.5) is 4.79 Å². The minimum Gasteiger partial charge on any atom is -0.444 e. The molecule has 2 heterocycles. The molecule has 0 atom stereocenters. The second-order valence-electron chi connectivity index (χ2n) is 6.92. The molecule has 1 aliphatic rings. The fraction of sp³-hybridized carbons (Fsp3) is 0.750. The zero-order chi connectivity index (χ0) is 16.0. The van der Waals surface area contributed by atoms with Crippen LogP contribution in [0.25, 0.3) is 0 Å². The minimum absolute atomic E-state index is 0.181. The van der Waals surface area contributed by atoms with Gasteiger partial charge in [-0.15, -0.1) is 0 Å². The first kappa shape index (κ1) is 16.8. The summed E-state index contributed by atoms with van der Waals surface area (Å²) < 4.78 is 7.48. The minimum atomic E-state index is -0.414. The lowest BCUT2D eigenvalue weighted by Gasteiger charge is -2.33. The van der Waals surface area contributed by atoms with Gasteiger partial charge in [0, 0.05) is 38.6 Å². The van der Waals surface area contributed by atoms with Crippen LogP contribution in [-0.2, 0) is 11.3 Å². The molecular weight excluding hydrogens is 280 g/mol. The van der Waals surface area contributed by atoms with Crippen molar-refractivity contribution in [3.63, 3.8) is 0 Å². The number of ether oxygens (including phenoxy) is 1. The molecule has 1 N–H and O–H groups in total. The van der Waals surface area contributed by atoms with E-state index in [1.54, 1.807) is 6.20 Å². The van der Waals surface area contributed by atoms with E-state index in [0.717, 1.165) is 45.6 Å². The number of nitrogens with one attached hydrogen (secondary N) is 1. The molecule has 0 bridgehead atoms. The van der Waals surface area contributed by atoms with Gasteiger partial charge in [0.05, 0.1) is 6.33 Å². The van der Waals surface area contributed by atoms with E-state index in [-0.39, 0.29) is 6.09 Å². The van der Waals surface area contributed by atoms with Crippen molar-refractivity contribution in [2.75, 3.05) is 26.2 Å². The summed E-state index contributed by atoms with van der Waals surface area (Å²) in [6.07, 6.45) is 7.50. The zero-order valence-electron chi connectivity index (χ0n) is 13.9. The van der Waals surface area contributed by atoms with Crippen molar-refractivity contribution in [2.45, 2.75) is 45.8 Å². The number of piperidine rings is 1. The quantitative estimate of drug-likeness (QED) is 0.847. The zero-order valence-corrected chi connectivity index (χ0v) is 13.9. The first-order valence-electron chi connectivity index (χ1n) is 8.08. The van der Waals surface area contributed by atoms with Crippen LogP contribution in [0.2, 0.25) is 0 Å². The van der Waals surface area contributed by atoms with Gasteiger partial charge in [0.2, 0.25) is 0 Å². The summed E-state index contributed by atoms with van der Waals surface area (Å²) >= 11 is 0. The number of rotatable bonds is 5. The third-order valence-electron chi connectivity index (χ3n) is 3.81. The molecule has 1 aromatic rings. The molecule has 0 aliphatic carbocycles. The van der Waals surface area contributed by atoms with Gasteiger partial charge in [0.25, 0.3) is 0 Å². The van der Waals surface area contributed by atoms with Crippen LogP contribution in [0.15, 0.2) is 18.7 Å². The van der Waals surface area contributed by atoms with Gasteiger partial charge in [-0.3, -0.25) is 0 Å². The number of hydrogen-bond donors (Lipinski definition) is 1. The summed E-state index contributed by atoms with van der Waals surface area (Å²) in [5, 5.41) is 3.49. The number of imidazole rings is 1. The van der Waals surface area contributed by atoms with Crippen LogP contribution in [-0.4, -0.2) is 52.3 Å². The number of carbonyl (C=O) groups excluding carboxylic acids is 1. The molecule has 6 nitrogen and oxygen atoms in total. The van der Waals surface area contributed by atoms with Gasteiger partial charge in [-0.1, -0.05) is 0 Å². The summed E-state index contributed by atoms with van der Waals surface area (Å²) in [6, 6.07) is 0. The summed E-state index contributed by atoms with van der Waals surface area (Å²) in [7, 11) is 0. The molecule has 0 spiro atoms. The highest BCUT2D eigenvalue weighted by Gasteiger charge is 2.26. The first-order chi connectivity index (χ1) is 10.4. The lowest BCUT2D eigenvalue weighted by Crippen LogP contribution is -2.43. The molecule has 1 amide bonds. The normalized spacial score (nSPS) is 16.8. The van der Waals surface area contributed by atoms with Crippen molar-refractivity contribution in [2.24, 2.45) is 5.92 Å². The number of amides is 1. The predicted octanol–water partition coefficient (Wildman–Crippen LogP) is 2.12. The molecule has 0 radical (unpaired) electrons. The summed E-state index contributed by atoms with van der Waals surface area (Å²) in [5.41, 5.74) is -0.414. The van der Waals surface area contributed by atoms with E-state index >= 15 is 0 Å². The molecule has 1 saturated heterocycles. The Balaban J connectivity index is 1.59. The van der Waals surface area contributed by atoms with E-state index in [4.69, 9.17) is 4.74 Å². The Labute approximate surface area is 132 Å². The van der Waals surface area contributed by atoms with E-state index in [1.165, 1.54) is 0 Å². The summed E-state index contributed by atoms with van der Waals surface area (Å²) in [6.45, 7) is 10.2. The van der Waals surface area contributed by atoms with Gasteiger partial charge in [0.15, 0.2) is 0 Å². The Bertz CT molecular complexity index is 445. The maximum atomic E-state index is 12.0. The van der Waals surface area contributed by atoms with Crippen LogP contribution in [0.5, 0.6) is 0 Å². The standard InChI is InChI=1S/C16H28N4O2/c1-16(2,3)22-15(21)20-8-4-14(5-9-20)12-17-6-10-19-11-7-18-13-19/h7,11,13-14,17H,4-6,8-10,12H2,1-3H3. The van der Waals surface area contributed by atoms with Gasteiger partial charge in [-0.2, -0.15) is 0 Å². The van der Waals surface area contributed by atoms with E-state index in [1.807, 2.05) is 38.2 Å². The van der Waals surface area contributed by atoms with Crippen LogP contribution in [0.1, 0.15) is 33.6 Å². The Morgan fingerprint density at radius 3 is 2.68 bits per heavy atom. The van der Waals surface area contributed by atoms with Gasteiger partial charge in [-0.25, -0.2) is 9.78 Å². The highest BCUT2D eigenvalue weighted by molar-refractivity contribution is 5.68. The Morgan fingerprint density at radius 2 is 2.09 bits per heavy atom. The molecule has 124 valence electrons. The SMILES string of the molecule is CC(C)(C)OC(=O)N1CCC(CNCCn2ccnc2)CC1. The number of nitrogens with zero attached hydrogens (tertiary/aromatic N) is 3. The lowest BCUT2D eigenvalue weighted by molar-refractivity contribution is 0.0184. The number of carbonyl (C=O) groups is 1. The molecule has 1 fully saturated rings. The third kappa shape index (κ3) is 5.67. The number of aromatic nitrogens is 2. The van der Waals surface area contributed by atoms with Crippen molar-refractivity contribution in [1.82, 2.24) is 19.8 Å². The monoisotopic (exact) mass is 308 g/mol. The average molecular weight is 308 g/mol. The van der Waals surface area contributed by atoms with Crippen molar-refractivity contribution in [3.8, 4) is 0 Å². The average Bonchev–Trinajstić information content (AvgIpc) is 2.95. The van der Waals surface area contributed by atoms with Crippen LogP contribution >= 0.6 is 0 Å². The molecular formula is C16H28N4O2. The molecule has 0 unspecified atom stereocenters. The van der Waals surface area contributed by atoms with Gasteiger partial charge >= 0.3 is 6.09 Å². The Kier molecular flexibility index (Phi) is 5.83. The topological polar surface area (TPSA) is 59.4 Å². The highest BCUT2D eigenvalue weighted by atomic mass is 16.6. The molecule has 1 aromatic heterocycles. The van der Waals surface area contributed by atoms with Gasteiger partial charge < -0.3 is 19.5 Å². The molecule has 1 aliphatic heterocycles. The molecule has 2 rings (SSSR count). The second-order valence-corrected chi connectivity index (χ2v) is 6.92. The Hall–Kier alpha value is -1.56. The summed E-state index contributed by atoms with van der Waals surface area (Å²) in [4.78, 5) is 17.8. The maximum absolute atomic E-state index is 12.0. The predicted molar refractivity (Wildman–Crippen MR) is 85.6 cm³/mol. The van der Waals surface area contributed by atoms with Crippen LogP contribution in [0.3, 0.4) is 0 Å². The largest absolute Gasteiger partial charge is 0.444 e. The highest BCUT2D eigenvalue weighted by Crippen LogP contribution is 2.19. The van der Waals surface area contributed by atoms with E-state index < -0.39 is 5.60 Å². The van der Waals surface area contributed by atoms with Crippen molar-refractivity contribution >= 4 is 6.09 Å². The van der Waals surface area contributed by atoms with E-state index in [9.17, 15) is 4.79 Å². The molecule has 6 heteroatoms. The van der Waals surface area contributed by atoms with E-state index in [2.05, 4.69) is 14.9 Å². The number of hydrogen-bond acceptors (Lipinski definition) is 4. The van der Waals surface area contributed by atoms with Gasteiger partial charge in [0.1, 0.15) is 5.60 Å². The summed E-state index contributed by atoms with van der Waals surface area (Å²) in [5.74, 6) is 0.640. The van der Waals surface area contributed by atoms with Crippen molar-refractivity contribution in [3.05, 3.63) is 18.7 Å². The Morgan fingerprint density at radius 1 is 1.36 bits per heavy atom.